The lowest BCUT2D eigenvalue weighted by atomic mass is 9.70. The Morgan fingerprint density at radius 1 is 0.246 bits per heavy atom. The van der Waals surface area contributed by atoms with E-state index in [-0.39, 0.29) is 0 Å². The summed E-state index contributed by atoms with van der Waals surface area (Å²) in [5, 5.41) is 7.43. The van der Waals surface area contributed by atoms with Crippen LogP contribution in [0.1, 0.15) is 22.3 Å². The Labute approximate surface area is 354 Å². The van der Waals surface area contributed by atoms with E-state index < -0.39 is 5.41 Å². The Bertz CT molecular complexity index is 3540. The number of aromatic nitrogens is 2. The average molecular weight is 773 g/mol. The molecule has 0 amide bonds. The summed E-state index contributed by atoms with van der Waals surface area (Å²) in [6, 6.07) is 80.0. The molecule has 61 heavy (non-hydrogen) atoms. The van der Waals surface area contributed by atoms with Gasteiger partial charge in [-0.05, 0) is 130 Å². The Kier molecular flexibility index (Phi) is 7.26. The fourth-order valence-corrected chi connectivity index (χ4v) is 10.4. The molecule has 1 heterocycles. The van der Waals surface area contributed by atoms with Gasteiger partial charge in [0.25, 0.3) is 0 Å². The topological polar surface area (TPSA) is 25.8 Å². The molecule has 0 saturated heterocycles. The third-order valence-electron chi connectivity index (χ3n) is 13.2. The number of benzene rings is 10. The summed E-state index contributed by atoms with van der Waals surface area (Å²) >= 11 is 0. The first-order chi connectivity index (χ1) is 30.2. The summed E-state index contributed by atoms with van der Waals surface area (Å²) in [6.07, 6.45) is 0. The van der Waals surface area contributed by atoms with Crippen molar-refractivity contribution in [3.63, 3.8) is 0 Å². The Hall–Kier alpha value is -7.94. The SMILES string of the molecule is c1ccc(-c2nc(-c3ccc(-c4ccc5cc6c(cc5c4)C4(c5ccccc5-c5ccccc54)c4cc5ccccc5cc4-6)cc3)cc(-c3ccc4ccccc4c3)n2)cc1. The molecule has 0 aliphatic heterocycles. The predicted octanol–water partition coefficient (Wildman–Crippen LogP) is 14.9. The van der Waals surface area contributed by atoms with E-state index in [2.05, 4.69) is 200 Å². The van der Waals surface area contributed by atoms with Crippen molar-refractivity contribution in [2.24, 2.45) is 0 Å². The molecular weight excluding hydrogens is 737 g/mol. The standard InChI is InChI=1S/C59H36N2/c1-2-13-40(14-3-1)58-60-56(36-57(61-58)46-29-24-37-12-4-5-15-41(37)30-46)39-25-22-38(23-26-39)44-27-28-45-33-51-50-32-42-16-6-7-17-43(42)34-54(50)59(55(51)35-47(45)31-44)52-20-10-8-18-48(52)49-19-9-11-21-53(49)59/h1-36H. The molecule has 0 radical (unpaired) electrons. The molecule has 13 rings (SSSR count). The van der Waals surface area contributed by atoms with Gasteiger partial charge in [0.05, 0.1) is 16.8 Å². The quantitative estimate of drug-likeness (QED) is 0.178. The van der Waals surface area contributed by atoms with E-state index >= 15 is 0 Å². The largest absolute Gasteiger partial charge is 0.228 e. The first-order valence-corrected chi connectivity index (χ1v) is 21.0. The fourth-order valence-electron chi connectivity index (χ4n) is 10.4. The minimum Gasteiger partial charge on any atom is -0.228 e. The highest BCUT2D eigenvalue weighted by molar-refractivity contribution is 6.04. The maximum absolute atomic E-state index is 5.13. The van der Waals surface area contributed by atoms with Gasteiger partial charge in [0.15, 0.2) is 5.82 Å². The van der Waals surface area contributed by atoms with Crippen molar-refractivity contribution in [3.8, 4) is 67.3 Å². The van der Waals surface area contributed by atoms with Crippen molar-refractivity contribution in [2.45, 2.75) is 5.41 Å². The molecule has 2 nitrogen and oxygen atoms in total. The van der Waals surface area contributed by atoms with Crippen molar-refractivity contribution in [2.75, 3.05) is 0 Å². The van der Waals surface area contributed by atoms with Crippen LogP contribution in [0.25, 0.3) is 99.6 Å². The predicted molar refractivity (Wildman–Crippen MR) is 253 cm³/mol. The molecule has 0 N–H and O–H groups in total. The molecule has 282 valence electrons. The highest BCUT2D eigenvalue weighted by Gasteiger charge is 2.51. The molecule has 0 saturated carbocycles. The molecule has 1 spiro atoms. The summed E-state index contributed by atoms with van der Waals surface area (Å²) in [5.74, 6) is 0.716. The normalized spacial score (nSPS) is 13.0. The zero-order chi connectivity index (χ0) is 40.1. The number of rotatable bonds is 4. The Morgan fingerprint density at radius 2 is 0.705 bits per heavy atom. The van der Waals surface area contributed by atoms with Crippen molar-refractivity contribution >= 4 is 32.3 Å². The minimum atomic E-state index is -0.407. The van der Waals surface area contributed by atoms with Gasteiger partial charge in [-0.1, -0.05) is 176 Å². The molecule has 0 atom stereocenters. The maximum atomic E-state index is 5.13. The van der Waals surface area contributed by atoms with E-state index in [9.17, 15) is 0 Å². The average Bonchev–Trinajstić information content (AvgIpc) is 3.78. The van der Waals surface area contributed by atoms with Gasteiger partial charge in [-0.2, -0.15) is 0 Å². The molecule has 2 aliphatic carbocycles. The van der Waals surface area contributed by atoms with E-state index in [0.717, 1.165) is 28.1 Å². The van der Waals surface area contributed by atoms with Crippen LogP contribution >= 0.6 is 0 Å². The lowest BCUT2D eigenvalue weighted by Crippen LogP contribution is -2.25. The highest BCUT2D eigenvalue weighted by atomic mass is 14.9. The van der Waals surface area contributed by atoms with Crippen LogP contribution in [0.15, 0.2) is 218 Å². The zero-order valence-corrected chi connectivity index (χ0v) is 33.2. The monoisotopic (exact) mass is 772 g/mol. The van der Waals surface area contributed by atoms with Gasteiger partial charge >= 0.3 is 0 Å². The van der Waals surface area contributed by atoms with Gasteiger partial charge in [0, 0.05) is 16.7 Å². The summed E-state index contributed by atoms with van der Waals surface area (Å²) in [6.45, 7) is 0. The van der Waals surface area contributed by atoms with E-state index in [1.165, 1.54) is 88.0 Å². The van der Waals surface area contributed by atoms with E-state index in [0.29, 0.717) is 5.82 Å². The molecule has 0 unspecified atom stereocenters. The third-order valence-corrected chi connectivity index (χ3v) is 13.2. The molecule has 11 aromatic rings. The number of hydrogen-bond donors (Lipinski definition) is 0. The smallest absolute Gasteiger partial charge is 0.160 e. The second kappa shape index (κ2) is 13.0. The highest BCUT2D eigenvalue weighted by Crippen LogP contribution is 2.63. The molecule has 10 aromatic carbocycles. The van der Waals surface area contributed by atoms with Gasteiger partial charge in [0.2, 0.25) is 0 Å². The number of nitrogens with zero attached hydrogens (tertiary/aromatic N) is 2. The van der Waals surface area contributed by atoms with Crippen LogP contribution < -0.4 is 0 Å². The summed E-state index contributed by atoms with van der Waals surface area (Å²) in [4.78, 5) is 10.2. The van der Waals surface area contributed by atoms with Gasteiger partial charge in [-0.15, -0.1) is 0 Å². The molecule has 2 heteroatoms. The van der Waals surface area contributed by atoms with Crippen LogP contribution in [0.2, 0.25) is 0 Å². The Morgan fingerprint density at radius 3 is 1.39 bits per heavy atom. The van der Waals surface area contributed by atoms with Crippen LogP contribution in [0.3, 0.4) is 0 Å². The van der Waals surface area contributed by atoms with Crippen LogP contribution in [0, 0.1) is 0 Å². The Balaban J connectivity index is 0.938. The third kappa shape index (κ3) is 5.09. The van der Waals surface area contributed by atoms with Crippen LogP contribution in [-0.4, -0.2) is 9.97 Å². The van der Waals surface area contributed by atoms with Crippen LogP contribution in [-0.2, 0) is 5.41 Å². The van der Waals surface area contributed by atoms with Crippen molar-refractivity contribution in [3.05, 3.63) is 241 Å². The van der Waals surface area contributed by atoms with E-state index in [1.807, 2.05) is 18.2 Å². The lowest BCUT2D eigenvalue weighted by molar-refractivity contribution is 0.796. The minimum absolute atomic E-state index is 0.407. The lowest BCUT2D eigenvalue weighted by Gasteiger charge is -2.30. The van der Waals surface area contributed by atoms with Crippen LogP contribution in [0.5, 0.6) is 0 Å². The summed E-state index contributed by atoms with van der Waals surface area (Å²) < 4.78 is 0. The van der Waals surface area contributed by atoms with Gasteiger partial charge in [0.1, 0.15) is 0 Å². The van der Waals surface area contributed by atoms with Crippen molar-refractivity contribution in [1.29, 1.82) is 0 Å². The first-order valence-electron chi connectivity index (χ1n) is 21.0. The first kappa shape index (κ1) is 34.0. The van der Waals surface area contributed by atoms with E-state index in [1.54, 1.807) is 0 Å². The summed E-state index contributed by atoms with van der Waals surface area (Å²) in [7, 11) is 0. The van der Waals surface area contributed by atoms with Gasteiger partial charge in [-0.25, -0.2) is 9.97 Å². The second-order valence-corrected chi connectivity index (χ2v) is 16.5. The summed E-state index contributed by atoms with van der Waals surface area (Å²) in [5.41, 5.74) is 17.6. The van der Waals surface area contributed by atoms with Gasteiger partial charge in [-0.3, -0.25) is 0 Å². The molecule has 1 aromatic heterocycles. The maximum Gasteiger partial charge on any atom is 0.160 e. The number of hydrogen-bond acceptors (Lipinski definition) is 2. The molecule has 2 aliphatic rings. The van der Waals surface area contributed by atoms with Crippen molar-refractivity contribution < 1.29 is 0 Å². The van der Waals surface area contributed by atoms with E-state index in [4.69, 9.17) is 9.97 Å². The molecule has 0 bridgehead atoms. The number of fused-ring (bicyclic) bond motifs is 13. The van der Waals surface area contributed by atoms with Gasteiger partial charge < -0.3 is 0 Å². The van der Waals surface area contributed by atoms with Crippen molar-refractivity contribution in [1.82, 2.24) is 9.97 Å². The van der Waals surface area contributed by atoms with Crippen LogP contribution in [0.4, 0.5) is 0 Å². The second-order valence-electron chi connectivity index (χ2n) is 16.5. The zero-order valence-electron chi connectivity index (χ0n) is 33.2. The molecular formula is C59H36N2. The molecule has 0 fully saturated rings. The fraction of sp³-hybridized carbons (Fsp3) is 0.0169.